The first-order chi connectivity index (χ1) is 13.6. The van der Waals surface area contributed by atoms with E-state index >= 15 is 0 Å². The highest BCUT2D eigenvalue weighted by Crippen LogP contribution is 2.35. The van der Waals surface area contributed by atoms with Crippen molar-refractivity contribution in [2.24, 2.45) is 5.92 Å². The molecule has 3 aromatic rings. The van der Waals surface area contributed by atoms with Crippen LogP contribution in [0.15, 0.2) is 53.3 Å². The second-order valence-corrected chi connectivity index (χ2v) is 7.36. The van der Waals surface area contributed by atoms with Gasteiger partial charge >= 0.3 is 0 Å². The van der Waals surface area contributed by atoms with Gasteiger partial charge in [0.25, 0.3) is 5.56 Å². The van der Waals surface area contributed by atoms with E-state index < -0.39 is 0 Å². The lowest BCUT2D eigenvalue weighted by Gasteiger charge is -2.25. The Bertz CT molecular complexity index is 1040. The summed E-state index contributed by atoms with van der Waals surface area (Å²) in [4.78, 5) is 24.8. The van der Waals surface area contributed by atoms with E-state index in [1.807, 2.05) is 6.07 Å². The summed E-state index contributed by atoms with van der Waals surface area (Å²) in [6.45, 7) is 0. The molecule has 0 radical (unpaired) electrons. The summed E-state index contributed by atoms with van der Waals surface area (Å²) in [6, 6.07) is 13.3. The first kappa shape index (κ1) is 18.3. The van der Waals surface area contributed by atoms with Gasteiger partial charge in [-0.3, -0.25) is 9.59 Å². The number of hydrogen-bond acceptors (Lipinski definition) is 3. The van der Waals surface area contributed by atoms with Crippen molar-refractivity contribution in [3.8, 4) is 0 Å². The van der Waals surface area contributed by atoms with Crippen LogP contribution in [0.5, 0.6) is 0 Å². The van der Waals surface area contributed by atoms with Gasteiger partial charge in [-0.2, -0.15) is 5.10 Å². The van der Waals surface area contributed by atoms with Gasteiger partial charge in [-0.25, -0.2) is 9.49 Å². The van der Waals surface area contributed by atoms with Gasteiger partial charge in [0, 0.05) is 5.39 Å². The maximum absolute atomic E-state index is 13.3. The summed E-state index contributed by atoms with van der Waals surface area (Å²) in [5.41, 5.74) is 1.19. The molecule has 1 fully saturated rings. The molecule has 1 heterocycles. The molecule has 1 aliphatic carbocycles. The molecule has 0 unspecified atom stereocenters. The number of carbonyl (C=O) groups excluding carboxylic acids is 1. The lowest BCUT2D eigenvalue weighted by Crippen LogP contribution is -2.34. The van der Waals surface area contributed by atoms with Gasteiger partial charge in [0.1, 0.15) is 5.82 Å². The Labute approximate surface area is 162 Å². The summed E-state index contributed by atoms with van der Waals surface area (Å²) >= 11 is 0. The van der Waals surface area contributed by atoms with Gasteiger partial charge < -0.3 is 5.32 Å². The van der Waals surface area contributed by atoms with Crippen LogP contribution >= 0.6 is 0 Å². The predicted octanol–water partition coefficient (Wildman–Crippen LogP) is 3.65. The molecule has 0 spiro atoms. The maximum atomic E-state index is 13.3. The van der Waals surface area contributed by atoms with Gasteiger partial charge in [-0.05, 0) is 42.5 Å². The molecule has 2 N–H and O–H groups in total. The van der Waals surface area contributed by atoms with Crippen LogP contribution in [0.1, 0.15) is 43.0 Å². The number of nitrogens with one attached hydrogen (secondary N) is 2. The van der Waals surface area contributed by atoms with E-state index in [9.17, 15) is 14.0 Å². The number of aromatic nitrogens is 2. The number of fused-ring (bicyclic) bond motifs is 1. The molecule has 144 valence electrons. The van der Waals surface area contributed by atoms with E-state index in [0.717, 1.165) is 31.2 Å². The fourth-order valence-corrected chi connectivity index (χ4v) is 4.12. The zero-order chi connectivity index (χ0) is 19.5. The van der Waals surface area contributed by atoms with E-state index in [-0.39, 0.29) is 29.7 Å². The molecule has 1 saturated carbocycles. The molecule has 1 atom stereocenters. The third kappa shape index (κ3) is 3.81. The first-order valence-electron chi connectivity index (χ1n) is 9.63. The van der Waals surface area contributed by atoms with Crippen molar-refractivity contribution in [3.63, 3.8) is 0 Å². The van der Waals surface area contributed by atoms with Crippen LogP contribution in [0.3, 0.4) is 0 Å². The Morgan fingerprint density at radius 1 is 1.11 bits per heavy atom. The number of halogens is 1. The van der Waals surface area contributed by atoms with Crippen molar-refractivity contribution in [3.05, 3.63) is 76.0 Å². The molecule has 0 aliphatic heterocycles. The van der Waals surface area contributed by atoms with Crippen molar-refractivity contribution in [1.82, 2.24) is 15.5 Å². The summed E-state index contributed by atoms with van der Waals surface area (Å²) in [5, 5.41) is 10.9. The smallest absolute Gasteiger partial charge is 0.272 e. The largest absolute Gasteiger partial charge is 0.349 e. The highest BCUT2D eigenvalue weighted by molar-refractivity contribution is 5.88. The molecule has 4 rings (SSSR count). The zero-order valence-electron chi connectivity index (χ0n) is 15.5. The topological polar surface area (TPSA) is 74.8 Å². The average molecular weight is 379 g/mol. The first-order valence-corrected chi connectivity index (χ1v) is 9.63. The van der Waals surface area contributed by atoms with Crippen molar-refractivity contribution in [2.75, 3.05) is 0 Å². The molecule has 1 amide bonds. The minimum atomic E-state index is -0.288. The fraction of sp³-hybridized carbons (Fsp3) is 0.318. The Kier molecular flexibility index (Phi) is 5.19. The predicted molar refractivity (Wildman–Crippen MR) is 105 cm³/mol. The van der Waals surface area contributed by atoms with E-state index in [1.165, 1.54) is 12.1 Å². The number of nitrogens with zero attached hydrogens (tertiary/aromatic N) is 1. The number of aromatic amines is 1. The summed E-state index contributed by atoms with van der Waals surface area (Å²) in [6.07, 6.45) is 4.45. The minimum absolute atomic E-state index is 0.0711. The van der Waals surface area contributed by atoms with Gasteiger partial charge in [0.15, 0.2) is 0 Å². The third-order valence-corrected chi connectivity index (χ3v) is 5.52. The van der Waals surface area contributed by atoms with E-state index in [0.29, 0.717) is 22.4 Å². The van der Waals surface area contributed by atoms with Crippen LogP contribution in [0.25, 0.3) is 10.8 Å². The lowest BCUT2D eigenvalue weighted by molar-refractivity contribution is -0.121. The average Bonchev–Trinajstić information content (AvgIpc) is 3.24. The standard InChI is InChI=1S/C22H22FN3O2/c23-16-11-9-15(10-12-16)21(14-5-1-2-6-14)24-20(27)13-19-17-7-3-4-8-18(17)22(28)26-25-19/h3-4,7-12,14,21H,1-2,5-6,13H2,(H,24,27)(H,26,28)/t21-/m0/s1. The van der Waals surface area contributed by atoms with Gasteiger partial charge in [-0.1, -0.05) is 43.2 Å². The highest BCUT2D eigenvalue weighted by atomic mass is 19.1. The Morgan fingerprint density at radius 2 is 1.79 bits per heavy atom. The molecule has 1 aliphatic rings. The van der Waals surface area contributed by atoms with Crippen LogP contribution in [0.4, 0.5) is 4.39 Å². The maximum Gasteiger partial charge on any atom is 0.272 e. The molecule has 5 nitrogen and oxygen atoms in total. The summed E-state index contributed by atoms with van der Waals surface area (Å²) in [7, 11) is 0. The van der Waals surface area contributed by atoms with Crippen molar-refractivity contribution < 1.29 is 9.18 Å². The Balaban J connectivity index is 1.57. The zero-order valence-corrected chi connectivity index (χ0v) is 15.5. The molecular formula is C22H22FN3O2. The SMILES string of the molecule is O=C(Cc1n[nH]c(=O)c2ccccc12)N[C@H](c1ccc(F)cc1)C1CCCC1. The van der Waals surface area contributed by atoms with Crippen molar-refractivity contribution in [1.29, 1.82) is 0 Å². The van der Waals surface area contributed by atoms with Crippen molar-refractivity contribution >= 4 is 16.7 Å². The lowest BCUT2D eigenvalue weighted by atomic mass is 9.91. The number of hydrogen-bond donors (Lipinski definition) is 2. The van der Waals surface area contributed by atoms with E-state index in [2.05, 4.69) is 15.5 Å². The van der Waals surface area contributed by atoms with Crippen LogP contribution in [-0.4, -0.2) is 16.1 Å². The van der Waals surface area contributed by atoms with Gasteiger partial charge in [-0.15, -0.1) is 0 Å². The second-order valence-electron chi connectivity index (χ2n) is 7.36. The van der Waals surface area contributed by atoms with Crippen molar-refractivity contribution in [2.45, 2.75) is 38.1 Å². The van der Waals surface area contributed by atoms with Gasteiger partial charge in [0.2, 0.25) is 5.91 Å². The number of benzene rings is 2. The van der Waals surface area contributed by atoms with E-state index in [1.54, 1.807) is 30.3 Å². The highest BCUT2D eigenvalue weighted by Gasteiger charge is 2.28. The number of amides is 1. The molecule has 0 bridgehead atoms. The van der Waals surface area contributed by atoms with E-state index in [4.69, 9.17) is 0 Å². The normalized spacial score (nSPS) is 15.6. The quantitative estimate of drug-likeness (QED) is 0.711. The fourth-order valence-electron chi connectivity index (χ4n) is 4.12. The molecule has 28 heavy (non-hydrogen) atoms. The second kappa shape index (κ2) is 7.92. The molecule has 2 aromatic carbocycles. The molecule has 0 saturated heterocycles. The summed E-state index contributed by atoms with van der Waals surface area (Å²) < 4.78 is 13.3. The number of carbonyl (C=O) groups is 1. The van der Waals surface area contributed by atoms with Crippen LogP contribution in [-0.2, 0) is 11.2 Å². The monoisotopic (exact) mass is 379 g/mol. The van der Waals surface area contributed by atoms with Crippen LogP contribution < -0.4 is 10.9 Å². The Hall–Kier alpha value is -3.02. The third-order valence-electron chi connectivity index (χ3n) is 5.52. The van der Waals surface area contributed by atoms with Crippen LogP contribution in [0.2, 0.25) is 0 Å². The summed E-state index contributed by atoms with van der Waals surface area (Å²) in [5.74, 6) is -0.107. The Morgan fingerprint density at radius 3 is 2.50 bits per heavy atom. The van der Waals surface area contributed by atoms with Gasteiger partial charge in [0.05, 0.1) is 23.5 Å². The molecular weight excluding hydrogens is 357 g/mol. The van der Waals surface area contributed by atoms with Crippen LogP contribution in [0, 0.1) is 11.7 Å². The minimum Gasteiger partial charge on any atom is -0.349 e. The number of rotatable bonds is 5. The molecule has 6 heteroatoms. The number of H-pyrrole nitrogens is 1. The molecule has 1 aromatic heterocycles.